The van der Waals surface area contributed by atoms with Gasteiger partial charge in [0.1, 0.15) is 10.9 Å². The van der Waals surface area contributed by atoms with E-state index in [1.807, 2.05) is 43.3 Å². The number of thioether (sulfide) groups is 2. The van der Waals surface area contributed by atoms with E-state index in [-0.39, 0.29) is 18.4 Å². The Morgan fingerprint density at radius 3 is 2.85 bits per heavy atom. The summed E-state index contributed by atoms with van der Waals surface area (Å²) >= 11 is 7.99. The lowest BCUT2D eigenvalue weighted by molar-refractivity contribution is -0.128. The van der Waals surface area contributed by atoms with Gasteiger partial charge in [-0.25, -0.2) is 0 Å². The van der Waals surface area contributed by atoms with E-state index in [0.29, 0.717) is 20.9 Å². The highest BCUT2D eigenvalue weighted by Gasteiger charge is 2.33. The molecule has 0 atom stereocenters. The molecule has 0 radical (unpaired) electrons. The van der Waals surface area contributed by atoms with Gasteiger partial charge >= 0.3 is 0 Å². The first-order valence-corrected chi connectivity index (χ1v) is 10.2. The maximum absolute atomic E-state index is 12.6. The van der Waals surface area contributed by atoms with Crippen LogP contribution in [0.3, 0.4) is 0 Å². The number of benzene rings is 1. The van der Waals surface area contributed by atoms with Gasteiger partial charge in [0.25, 0.3) is 5.91 Å². The number of carbonyl (C=O) groups excluding carboxylic acids is 2. The Morgan fingerprint density at radius 1 is 1.38 bits per heavy atom. The van der Waals surface area contributed by atoms with Crippen molar-refractivity contribution in [2.45, 2.75) is 6.92 Å². The summed E-state index contributed by atoms with van der Waals surface area (Å²) in [5.41, 5.74) is 2.00. The van der Waals surface area contributed by atoms with E-state index < -0.39 is 0 Å². The normalized spacial score (nSPS) is 19.3. The summed E-state index contributed by atoms with van der Waals surface area (Å²) in [6.45, 7) is 2.54. The third-order valence-electron chi connectivity index (χ3n) is 3.56. The molecule has 134 valence electrons. The van der Waals surface area contributed by atoms with Crippen LogP contribution in [0.2, 0.25) is 0 Å². The Labute approximate surface area is 166 Å². The molecule has 1 saturated heterocycles. The summed E-state index contributed by atoms with van der Waals surface area (Å²) in [6.07, 6.45) is 3.80. The summed E-state index contributed by atoms with van der Waals surface area (Å²) in [5.74, 6) is 0.344. The summed E-state index contributed by atoms with van der Waals surface area (Å²) < 4.78 is 0.393. The molecular weight excluding hydrogens is 386 g/mol. The largest absolute Gasteiger partial charge is 0.304 e. The van der Waals surface area contributed by atoms with Crippen LogP contribution >= 0.6 is 35.7 Å². The second-order valence-electron chi connectivity index (χ2n) is 5.65. The Morgan fingerprint density at radius 2 is 2.15 bits per heavy atom. The highest BCUT2D eigenvalue weighted by Crippen LogP contribution is 2.31. The fraction of sp³-hybridized carbons (Fsp3) is 0.222. The molecule has 0 unspecified atom stereocenters. The third-order valence-corrected chi connectivity index (χ3v) is 5.83. The average Bonchev–Trinajstić information content (AvgIpc) is 3.20. The van der Waals surface area contributed by atoms with Crippen molar-refractivity contribution in [1.82, 2.24) is 10.2 Å². The standard InChI is InChI=1S/C18H17N3O2S3/c1-12(9-13-5-3-2-4-6-13)10-14-16(23)21(18(24)26-14)11-15(22)20-17-19-7-8-25-17/h2-6,9-10H,7-8,11H2,1H3,(H,19,20,22)/b12-9+,14-10+. The Balaban J connectivity index is 1.66. The van der Waals surface area contributed by atoms with E-state index in [0.717, 1.165) is 16.9 Å². The fourth-order valence-corrected chi connectivity index (χ4v) is 4.46. The monoisotopic (exact) mass is 403 g/mol. The van der Waals surface area contributed by atoms with E-state index in [1.54, 1.807) is 6.08 Å². The molecule has 1 aromatic carbocycles. The maximum atomic E-state index is 12.6. The van der Waals surface area contributed by atoms with E-state index in [9.17, 15) is 9.59 Å². The Kier molecular flexibility index (Phi) is 6.29. The van der Waals surface area contributed by atoms with Gasteiger partial charge in [-0.05, 0) is 24.1 Å². The highest BCUT2D eigenvalue weighted by molar-refractivity contribution is 8.26. The molecule has 5 nitrogen and oxygen atoms in total. The molecule has 0 aliphatic carbocycles. The molecule has 1 N–H and O–H groups in total. The number of nitrogens with one attached hydrogen (secondary N) is 1. The van der Waals surface area contributed by atoms with E-state index >= 15 is 0 Å². The van der Waals surface area contributed by atoms with Crippen molar-refractivity contribution in [3.05, 3.63) is 52.4 Å². The number of rotatable bonds is 4. The first-order valence-electron chi connectivity index (χ1n) is 7.99. The van der Waals surface area contributed by atoms with Crippen LogP contribution in [0.25, 0.3) is 6.08 Å². The molecule has 0 bridgehead atoms. The molecular formula is C18H17N3O2S3. The number of amidine groups is 1. The summed E-state index contributed by atoms with van der Waals surface area (Å²) in [6, 6.07) is 9.88. The van der Waals surface area contributed by atoms with Crippen LogP contribution in [0.5, 0.6) is 0 Å². The molecule has 0 spiro atoms. The van der Waals surface area contributed by atoms with Crippen LogP contribution in [0, 0.1) is 0 Å². The van der Waals surface area contributed by atoms with E-state index in [4.69, 9.17) is 12.2 Å². The molecule has 8 heteroatoms. The highest BCUT2D eigenvalue weighted by atomic mass is 32.2. The van der Waals surface area contributed by atoms with E-state index in [2.05, 4.69) is 10.3 Å². The van der Waals surface area contributed by atoms with Crippen molar-refractivity contribution < 1.29 is 9.59 Å². The predicted molar refractivity (Wildman–Crippen MR) is 113 cm³/mol. The van der Waals surface area contributed by atoms with Gasteiger partial charge in [-0.1, -0.05) is 72.1 Å². The van der Waals surface area contributed by atoms with Gasteiger partial charge in [-0.2, -0.15) is 0 Å². The topological polar surface area (TPSA) is 61.8 Å². The summed E-state index contributed by atoms with van der Waals surface area (Å²) in [4.78, 5) is 30.7. The smallest absolute Gasteiger partial charge is 0.266 e. The lowest BCUT2D eigenvalue weighted by Crippen LogP contribution is -2.40. The minimum absolute atomic E-state index is 0.0942. The van der Waals surface area contributed by atoms with Crippen molar-refractivity contribution in [3.8, 4) is 0 Å². The zero-order valence-corrected chi connectivity index (χ0v) is 16.5. The Bertz CT molecular complexity index is 831. The minimum atomic E-state index is -0.285. The zero-order chi connectivity index (χ0) is 18.5. The van der Waals surface area contributed by atoms with Gasteiger partial charge in [0, 0.05) is 5.75 Å². The zero-order valence-electron chi connectivity index (χ0n) is 14.1. The average molecular weight is 404 g/mol. The van der Waals surface area contributed by atoms with Gasteiger partial charge in [0.15, 0.2) is 5.17 Å². The molecule has 26 heavy (non-hydrogen) atoms. The molecule has 2 aliphatic rings. The first-order chi connectivity index (χ1) is 12.5. The van der Waals surface area contributed by atoms with Gasteiger partial charge in [0.2, 0.25) is 5.91 Å². The predicted octanol–water partition coefficient (Wildman–Crippen LogP) is 3.05. The molecule has 2 aliphatic heterocycles. The van der Waals surface area contributed by atoms with Crippen LogP contribution in [0.15, 0.2) is 51.9 Å². The van der Waals surface area contributed by atoms with E-state index in [1.165, 1.54) is 28.4 Å². The minimum Gasteiger partial charge on any atom is -0.304 e. The number of nitrogens with zero attached hydrogens (tertiary/aromatic N) is 2. The van der Waals surface area contributed by atoms with Crippen LogP contribution < -0.4 is 5.32 Å². The quantitative estimate of drug-likeness (QED) is 0.618. The number of hydrogen-bond acceptors (Lipinski definition) is 6. The summed E-state index contributed by atoms with van der Waals surface area (Å²) in [5, 5.41) is 3.32. The van der Waals surface area contributed by atoms with Crippen LogP contribution in [0.1, 0.15) is 12.5 Å². The van der Waals surface area contributed by atoms with Gasteiger partial charge in [-0.15, -0.1) is 0 Å². The fourth-order valence-electron chi connectivity index (χ4n) is 2.41. The SMILES string of the molecule is CC(=C\c1ccccc1)/C=C1/SC(=S)N(CC(=O)NC2=NCCS2)C1=O. The number of thiocarbonyl (C=S) groups is 1. The second kappa shape index (κ2) is 8.66. The van der Waals surface area contributed by atoms with Gasteiger partial charge in [0.05, 0.1) is 11.4 Å². The second-order valence-corrected chi connectivity index (χ2v) is 8.41. The molecule has 1 aromatic rings. The number of aliphatic imine (C=N–C) groups is 1. The van der Waals surface area contributed by atoms with Crippen molar-refractivity contribution in [2.75, 3.05) is 18.8 Å². The van der Waals surface area contributed by atoms with Gasteiger partial charge < -0.3 is 5.32 Å². The lowest BCUT2D eigenvalue weighted by Gasteiger charge is -2.13. The van der Waals surface area contributed by atoms with Crippen molar-refractivity contribution >= 4 is 63.1 Å². The molecule has 2 heterocycles. The van der Waals surface area contributed by atoms with Crippen molar-refractivity contribution in [2.24, 2.45) is 4.99 Å². The molecule has 0 saturated carbocycles. The van der Waals surface area contributed by atoms with Gasteiger partial charge in [-0.3, -0.25) is 19.5 Å². The van der Waals surface area contributed by atoms with Crippen molar-refractivity contribution in [1.29, 1.82) is 0 Å². The first kappa shape index (κ1) is 18.9. The van der Waals surface area contributed by atoms with Crippen LogP contribution in [0.4, 0.5) is 0 Å². The van der Waals surface area contributed by atoms with Crippen LogP contribution in [-0.4, -0.2) is 45.0 Å². The number of allylic oxidation sites excluding steroid dienone is 2. The third kappa shape index (κ3) is 4.84. The molecule has 1 fully saturated rings. The Hall–Kier alpha value is -1.90. The molecule has 3 rings (SSSR count). The number of carbonyl (C=O) groups is 2. The van der Waals surface area contributed by atoms with Crippen molar-refractivity contribution in [3.63, 3.8) is 0 Å². The number of hydrogen-bond donors (Lipinski definition) is 1. The summed E-state index contributed by atoms with van der Waals surface area (Å²) in [7, 11) is 0. The van der Waals surface area contributed by atoms with Crippen LogP contribution in [-0.2, 0) is 9.59 Å². The maximum Gasteiger partial charge on any atom is 0.266 e. The number of amides is 2. The molecule has 2 amide bonds. The lowest BCUT2D eigenvalue weighted by atomic mass is 10.1. The molecule has 0 aromatic heterocycles.